The van der Waals surface area contributed by atoms with Gasteiger partial charge in [-0.2, -0.15) is 5.10 Å². The highest BCUT2D eigenvalue weighted by atomic mass is 16.5. The molecule has 1 aromatic carbocycles. The molecule has 0 aliphatic carbocycles. The van der Waals surface area contributed by atoms with Crippen LogP contribution >= 0.6 is 0 Å². The Bertz CT molecular complexity index is 590. The third kappa shape index (κ3) is 5.09. The molecule has 1 atom stereocenters. The lowest BCUT2D eigenvalue weighted by molar-refractivity contribution is 0.0721. The van der Waals surface area contributed by atoms with Gasteiger partial charge in [-0.05, 0) is 32.0 Å². The molecule has 0 aliphatic rings. The highest BCUT2D eigenvalue weighted by molar-refractivity contribution is 5.21. The van der Waals surface area contributed by atoms with Gasteiger partial charge in [-0.3, -0.25) is 4.90 Å². The second-order valence-corrected chi connectivity index (χ2v) is 5.60. The molecular weight excluding hydrogens is 278 g/mol. The quantitative estimate of drug-likeness (QED) is 0.847. The first kappa shape index (κ1) is 16.4. The van der Waals surface area contributed by atoms with Gasteiger partial charge in [-0.25, -0.2) is 0 Å². The second kappa shape index (κ2) is 7.87. The smallest absolute Gasteiger partial charge is 0.233 e. The number of aromatic nitrogens is 2. The van der Waals surface area contributed by atoms with Crippen LogP contribution in [0.4, 0.5) is 0 Å². The Kier molecular flexibility index (Phi) is 5.86. The van der Waals surface area contributed by atoms with E-state index < -0.39 is 6.10 Å². The zero-order valence-electron chi connectivity index (χ0n) is 13.4. The van der Waals surface area contributed by atoms with Crippen molar-refractivity contribution in [1.82, 2.24) is 15.1 Å². The number of aliphatic hydroxyl groups excluding tert-OH is 1. The molecule has 0 unspecified atom stereocenters. The minimum absolute atomic E-state index is 0.205. The number of rotatable bonds is 7. The lowest BCUT2D eigenvalue weighted by Gasteiger charge is -2.20. The van der Waals surface area contributed by atoms with Crippen LogP contribution in [0, 0.1) is 13.8 Å². The highest BCUT2D eigenvalue weighted by Crippen LogP contribution is 2.10. The van der Waals surface area contributed by atoms with E-state index in [1.54, 1.807) is 0 Å². The Balaban J connectivity index is 1.77. The zero-order valence-corrected chi connectivity index (χ0v) is 13.4. The molecule has 22 heavy (non-hydrogen) atoms. The van der Waals surface area contributed by atoms with Crippen LogP contribution < -0.4 is 4.74 Å². The normalized spacial score (nSPS) is 12.4. The van der Waals surface area contributed by atoms with E-state index in [1.807, 2.05) is 45.2 Å². The molecule has 0 saturated heterocycles. The molecule has 2 rings (SSSR count). The van der Waals surface area contributed by atoms with Crippen LogP contribution in [0.1, 0.15) is 16.8 Å². The van der Waals surface area contributed by atoms with Crippen molar-refractivity contribution in [3.05, 3.63) is 53.2 Å². The summed E-state index contributed by atoms with van der Waals surface area (Å²) in [5.74, 6) is 0.452. The molecule has 0 spiro atoms. The van der Waals surface area contributed by atoms with Crippen LogP contribution in [0.25, 0.3) is 0 Å². The van der Waals surface area contributed by atoms with Gasteiger partial charge in [0.15, 0.2) is 0 Å². The summed E-state index contributed by atoms with van der Waals surface area (Å²) in [6, 6.07) is 12.0. The number of nitrogens with zero attached hydrogens (tertiary/aromatic N) is 3. The van der Waals surface area contributed by atoms with E-state index in [1.165, 1.54) is 5.56 Å². The van der Waals surface area contributed by atoms with E-state index in [2.05, 4.69) is 27.2 Å². The molecule has 0 saturated carbocycles. The summed E-state index contributed by atoms with van der Waals surface area (Å²) in [7, 11) is 1.98. The molecule has 1 aromatic heterocycles. The molecule has 1 N–H and O–H groups in total. The molecule has 0 fully saturated rings. The van der Waals surface area contributed by atoms with Gasteiger partial charge in [0.05, 0.1) is 5.69 Å². The molecule has 5 nitrogen and oxygen atoms in total. The Labute approximate surface area is 131 Å². The maximum absolute atomic E-state index is 10.1. The summed E-state index contributed by atoms with van der Waals surface area (Å²) in [6.45, 7) is 5.39. The minimum Gasteiger partial charge on any atom is -0.474 e. The molecule has 118 valence electrons. The van der Waals surface area contributed by atoms with Crippen LogP contribution in [0.5, 0.6) is 5.88 Å². The number of ether oxygens (including phenoxy) is 1. The highest BCUT2D eigenvalue weighted by Gasteiger charge is 2.10. The first-order valence-corrected chi connectivity index (χ1v) is 7.39. The van der Waals surface area contributed by atoms with Crippen LogP contribution in [-0.2, 0) is 6.54 Å². The van der Waals surface area contributed by atoms with Crippen molar-refractivity contribution < 1.29 is 9.84 Å². The summed E-state index contributed by atoms with van der Waals surface area (Å²) in [5.41, 5.74) is 3.13. The Morgan fingerprint density at radius 2 is 1.91 bits per heavy atom. The van der Waals surface area contributed by atoms with Gasteiger partial charge in [0, 0.05) is 19.2 Å². The van der Waals surface area contributed by atoms with E-state index in [4.69, 9.17) is 4.74 Å². The Morgan fingerprint density at radius 1 is 1.18 bits per heavy atom. The largest absolute Gasteiger partial charge is 0.474 e. The van der Waals surface area contributed by atoms with E-state index in [-0.39, 0.29) is 6.61 Å². The Morgan fingerprint density at radius 3 is 2.59 bits per heavy atom. The molecule has 0 bridgehead atoms. The maximum atomic E-state index is 10.1. The van der Waals surface area contributed by atoms with E-state index >= 15 is 0 Å². The van der Waals surface area contributed by atoms with Crippen molar-refractivity contribution in [3.8, 4) is 5.88 Å². The van der Waals surface area contributed by atoms with Gasteiger partial charge in [0.2, 0.25) is 5.88 Å². The van der Waals surface area contributed by atoms with Gasteiger partial charge < -0.3 is 9.84 Å². The van der Waals surface area contributed by atoms with Gasteiger partial charge in [0.1, 0.15) is 12.7 Å². The average Bonchev–Trinajstić information content (AvgIpc) is 2.49. The third-order valence-electron chi connectivity index (χ3n) is 3.45. The monoisotopic (exact) mass is 301 g/mol. The fourth-order valence-electron chi connectivity index (χ4n) is 2.15. The maximum Gasteiger partial charge on any atom is 0.233 e. The molecule has 1 heterocycles. The van der Waals surface area contributed by atoms with Gasteiger partial charge >= 0.3 is 0 Å². The second-order valence-electron chi connectivity index (χ2n) is 5.60. The van der Waals surface area contributed by atoms with Crippen LogP contribution in [0.3, 0.4) is 0 Å². The van der Waals surface area contributed by atoms with E-state index in [0.717, 1.165) is 17.8 Å². The van der Waals surface area contributed by atoms with Gasteiger partial charge in [-0.1, -0.05) is 30.3 Å². The first-order chi connectivity index (χ1) is 10.5. The number of hydrogen-bond acceptors (Lipinski definition) is 5. The van der Waals surface area contributed by atoms with Crippen molar-refractivity contribution in [1.29, 1.82) is 0 Å². The number of likely N-dealkylation sites (N-methyl/N-ethyl adjacent to an activating group) is 1. The van der Waals surface area contributed by atoms with Gasteiger partial charge in [0.25, 0.3) is 0 Å². The number of hydrogen-bond donors (Lipinski definition) is 1. The van der Waals surface area contributed by atoms with Gasteiger partial charge in [-0.15, -0.1) is 5.10 Å². The average molecular weight is 301 g/mol. The molecule has 0 aliphatic heterocycles. The fourth-order valence-corrected chi connectivity index (χ4v) is 2.15. The van der Waals surface area contributed by atoms with E-state index in [0.29, 0.717) is 12.4 Å². The predicted molar refractivity (Wildman–Crippen MR) is 85.8 cm³/mol. The number of aryl methyl sites for hydroxylation is 2. The standard InChI is InChI=1S/C17H23N3O2/c1-13-9-17(19-18-14(13)2)22-12-16(21)11-20(3)10-15-7-5-4-6-8-15/h4-9,16,21H,10-12H2,1-3H3/t16-/m0/s1. The molecule has 2 aromatic rings. The molecule has 0 amide bonds. The van der Waals surface area contributed by atoms with Crippen LogP contribution in [-0.4, -0.2) is 46.5 Å². The summed E-state index contributed by atoms with van der Waals surface area (Å²) in [5, 5.41) is 18.0. The minimum atomic E-state index is -0.572. The summed E-state index contributed by atoms with van der Waals surface area (Å²) < 4.78 is 5.50. The predicted octanol–water partition coefficient (Wildman–Crippen LogP) is 1.97. The number of benzene rings is 1. The van der Waals surface area contributed by atoms with Crippen molar-refractivity contribution in [3.63, 3.8) is 0 Å². The van der Waals surface area contributed by atoms with E-state index in [9.17, 15) is 5.11 Å². The lowest BCUT2D eigenvalue weighted by Crippen LogP contribution is -2.32. The first-order valence-electron chi connectivity index (χ1n) is 7.39. The third-order valence-corrected chi connectivity index (χ3v) is 3.45. The summed E-state index contributed by atoms with van der Waals surface area (Å²) in [6.07, 6.45) is -0.572. The topological polar surface area (TPSA) is 58.5 Å². The molecule has 5 heteroatoms. The van der Waals surface area contributed by atoms with Crippen LogP contribution in [0.2, 0.25) is 0 Å². The zero-order chi connectivity index (χ0) is 15.9. The van der Waals surface area contributed by atoms with Crippen molar-refractivity contribution >= 4 is 0 Å². The van der Waals surface area contributed by atoms with Crippen LogP contribution in [0.15, 0.2) is 36.4 Å². The van der Waals surface area contributed by atoms with Crippen molar-refractivity contribution in [2.45, 2.75) is 26.5 Å². The number of aliphatic hydroxyl groups is 1. The fraction of sp³-hybridized carbons (Fsp3) is 0.412. The molecule has 0 radical (unpaired) electrons. The van der Waals surface area contributed by atoms with Crippen molar-refractivity contribution in [2.24, 2.45) is 0 Å². The lowest BCUT2D eigenvalue weighted by atomic mass is 10.2. The summed E-state index contributed by atoms with van der Waals surface area (Å²) >= 11 is 0. The SMILES string of the molecule is Cc1cc(OC[C@@H](O)CN(C)Cc2ccccc2)nnc1C. The Hall–Kier alpha value is -1.98. The summed E-state index contributed by atoms with van der Waals surface area (Å²) in [4.78, 5) is 2.06. The van der Waals surface area contributed by atoms with Crippen molar-refractivity contribution in [2.75, 3.05) is 20.2 Å². The molecular formula is C17H23N3O2.